The van der Waals surface area contributed by atoms with Crippen molar-refractivity contribution in [1.82, 2.24) is 0 Å². The van der Waals surface area contributed by atoms with Gasteiger partial charge in [-0.1, -0.05) is 20.3 Å². The molecule has 60 valence electrons. The molecule has 0 radical (unpaired) electrons. The maximum absolute atomic E-state index is 11.2. The molecule has 10 heavy (non-hydrogen) atoms. The van der Waals surface area contributed by atoms with Gasteiger partial charge in [0.1, 0.15) is 0 Å². The van der Waals surface area contributed by atoms with E-state index >= 15 is 0 Å². The van der Waals surface area contributed by atoms with Gasteiger partial charge in [0, 0.05) is 22.3 Å². The van der Waals surface area contributed by atoms with Gasteiger partial charge in [-0.3, -0.25) is 4.21 Å². The van der Waals surface area contributed by atoms with Crippen molar-refractivity contribution in [2.75, 3.05) is 11.5 Å². The Morgan fingerprint density at radius 3 is 2.70 bits per heavy atom. The first-order valence-corrected chi connectivity index (χ1v) is 5.56. The molecule has 1 heterocycles. The second-order valence-electron chi connectivity index (χ2n) is 3.39. The highest BCUT2D eigenvalue weighted by molar-refractivity contribution is 7.85. The second-order valence-corrected chi connectivity index (χ2v) is 4.93. The lowest BCUT2D eigenvalue weighted by Gasteiger charge is -2.24. The predicted octanol–water partition coefficient (Wildman–Crippen LogP) is 1.80. The Morgan fingerprint density at radius 1 is 1.50 bits per heavy atom. The Bertz CT molecular complexity index is 133. The fourth-order valence-corrected chi connectivity index (χ4v) is 3.44. The van der Waals surface area contributed by atoms with E-state index in [4.69, 9.17) is 0 Å². The van der Waals surface area contributed by atoms with Crippen LogP contribution in [-0.4, -0.2) is 15.7 Å². The zero-order chi connectivity index (χ0) is 7.56. The van der Waals surface area contributed by atoms with Crippen LogP contribution in [0.5, 0.6) is 0 Å². The molecule has 0 spiro atoms. The predicted molar refractivity (Wildman–Crippen MR) is 45.4 cm³/mol. The van der Waals surface area contributed by atoms with Crippen LogP contribution >= 0.6 is 0 Å². The molecule has 0 aromatic rings. The fourth-order valence-electron chi connectivity index (χ4n) is 1.64. The van der Waals surface area contributed by atoms with Crippen LogP contribution in [0.25, 0.3) is 0 Å². The second kappa shape index (κ2) is 3.51. The average Bonchev–Trinajstić information content (AvgIpc) is 1.85. The Labute approximate surface area is 65.7 Å². The van der Waals surface area contributed by atoms with Crippen molar-refractivity contribution in [2.24, 2.45) is 11.8 Å². The summed E-state index contributed by atoms with van der Waals surface area (Å²) in [4.78, 5) is 0. The van der Waals surface area contributed by atoms with E-state index in [0.29, 0.717) is 5.92 Å². The third-order valence-corrected chi connectivity index (χ3v) is 3.99. The summed E-state index contributed by atoms with van der Waals surface area (Å²) in [5.74, 6) is 3.33. The van der Waals surface area contributed by atoms with Crippen LogP contribution in [0.3, 0.4) is 0 Å². The molecule has 3 unspecified atom stereocenters. The standard InChI is InChI=1S/C8H16OS/c1-3-8-4-7(2)5-10(9)6-8/h7-8H,3-6H2,1-2H3. The highest BCUT2D eigenvalue weighted by atomic mass is 32.2. The zero-order valence-electron chi connectivity index (χ0n) is 6.80. The maximum atomic E-state index is 11.2. The number of hydrogen-bond donors (Lipinski definition) is 0. The molecule has 0 N–H and O–H groups in total. The molecule has 1 fully saturated rings. The van der Waals surface area contributed by atoms with Gasteiger partial charge in [0.05, 0.1) is 0 Å². The molecule has 0 saturated carbocycles. The molecule has 1 rings (SSSR count). The highest BCUT2D eigenvalue weighted by Crippen LogP contribution is 2.22. The van der Waals surface area contributed by atoms with Crippen LogP contribution in [0.15, 0.2) is 0 Å². The summed E-state index contributed by atoms with van der Waals surface area (Å²) in [6.07, 6.45) is 2.50. The third-order valence-electron chi connectivity index (χ3n) is 2.21. The molecule has 1 nitrogen and oxygen atoms in total. The van der Waals surface area contributed by atoms with E-state index in [9.17, 15) is 4.21 Å². The summed E-state index contributed by atoms with van der Waals surface area (Å²) in [7, 11) is -0.500. The van der Waals surface area contributed by atoms with Crippen molar-refractivity contribution >= 4 is 10.8 Å². The SMILES string of the molecule is CCC1CC(C)CS(=O)C1. The molecular weight excluding hydrogens is 144 g/mol. The number of hydrogen-bond acceptors (Lipinski definition) is 1. The van der Waals surface area contributed by atoms with Gasteiger partial charge >= 0.3 is 0 Å². The summed E-state index contributed by atoms with van der Waals surface area (Å²) < 4.78 is 11.2. The normalized spacial score (nSPS) is 41.6. The van der Waals surface area contributed by atoms with Gasteiger partial charge in [0.2, 0.25) is 0 Å². The lowest BCUT2D eigenvalue weighted by molar-refractivity contribution is 0.416. The lowest BCUT2D eigenvalue weighted by Crippen LogP contribution is -2.25. The van der Waals surface area contributed by atoms with Gasteiger partial charge in [-0.25, -0.2) is 0 Å². The summed E-state index contributed by atoms with van der Waals surface area (Å²) in [6, 6.07) is 0. The minimum Gasteiger partial charge on any atom is -0.260 e. The quantitative estimate of drug-likeness (QED) is 0.571. The van der Waals surface area contributed by atoms with Crippen molar-refractivity contribution in [3.63, 3.8) is 0 Å². The van der Waals surface area contributed by atoms with Crippen molar-refractivity contribution in [3.8, 4) is 0 Å². The lowest BCUT2D eigenvalue weighted by atomic mass is 9.96. The molecule has 0 aromatic carbocycles. The third kappa shape index (κ3) is 2.08. The van der Waals surface area contributed by atoms with Crippen molar-refractivity contribution in [1.29, 1.82) is 0 Å². The molecular formula is C8H16OS. The van der Waals surface area contributed by atoms with E-state index in [0.717, 1.165) is 17.4 Å². The van der Waals surface area contributed by atoms with Crippen LogP contribution in [-0.2, 0) is 10.8 Å². The van der Waals surface area contributed by atoms with Crippen molar-refractivity contribution in [3.05, 3.63) is 0 Å². The van der Waals surface area contributed by atoms with Gasteiger partial charge in [-0.15, -0.1) is 0 Å². The first-order valence-electron chi connectivity index (χ1n) is 4.07. The Morgan fingerprint density at radius 2 is 2.20 bits per heavy atom. The summed E-state index contributed by atoms with van der Waals surface area (Å²) >= 11 is 0. The highest BCUT2D eigenvalue weighted by Gasteiger charge is 2.21. The molecule has 0 aromatic heterocycles. The fraction of sp³-hybridized carbons (Fsp3) is 1.00. The summed E-state index contributed by atoms with van der Waals surface area (Å²) in [5.41, 5.74) is 0. The molecule has 1 aliphatic rings. The Kier molecular flexibility index (Phi) is 2.90. The zero-order valence-corrected chi connectivity index (χ0v) is 7.62. The minimum absolute atomic E-state index is 0.500. The number of rotatable bonds is 1. The monoisotopic (exact) mass is 160 g/mol. The average molecular weight is 160 g/mol. The molecule has 3 atom stereocenters. The largest absolute Gasteiger partial charge is 0.260 e. The van der Waals surface area contributed by atoms with E-state index in [-0.39, 0.29) is 0 Å². The van der Waals surface area contributed by atoms with Gasteiger partial charge in [-0.05, 0) is 18.3 Å². The van der Waals surface area contributed by atoms with E-state index < -0.39 is 10.8 Å². The van der Waals surface area contributed by atoms with Gasteiger partial charge in [0.25, 0.3) is 0 Å². The van der Waals surface area contributed by atoms with E-state index in [1.807, 2.05) is 0 Å². The Balaban J connectivity index is 2.42. The van der Waals surface area contributed by atoms with Crippen molar-refractivity contribution in [2.45, 2.75) is 26.7 Å². The van der Waals surface area contributed by atoms with E-state index in [2.05, 4.69) is 13.8 Å². The van der Waals surface area contributed by atoms with Gasteiger partial charge in [-0.2, -0.15) is 0 Å². The van der Waals surface area contributed by atoms with Crippen molar-refractivity contribution < 1.29 is 4.21 Å². The van der Waals surface area contributed by atoms with Gasteiger partial charge < -0.3 is 0 Å². The first kappa shape index (κ1) is 8.25. The topological polar surface area (TPSA) is 17.1 Å². The van der Waals surface area contributed by atoms with Crippen LogP contribution < -0.4 is 0 Å². The molecule has 2 heteroatoms. The van der Waals surface area contributed by atoms with Crippen LogP contribution in [0.2, 0.25) is 0 Å². The summed E-state index contributed by atoms with van der Waals surface area (Å²) in [6.45, 7) is 4.40. The Hall–Kier alpha value is 0.150. The molecule has 0 amide bonds. The summed E-state index contributed by atoms with van der Waals surface area (Å²) in [5, 5.41) is 0. The first-order chi connectivity index (χ1) is 4.72. The minimum atomic E-state index is -0.500. The molecule has 1 aliphatic heterocycles. The van der Waals surface area contributed by atoms with Crippen LogP contribution in [0.4, 0.5) is 0 Å². The molecule has 1 saturated heterocycles. The van der Waals surface area contributed by atoms with Gasteiger partial charge in [0.15, 0.2) is 0 Å². The molecule has 0 bridgehead atoms. The van der Waals surface area contributed by atoms with Crippen LogP contribution in [0.1, 0.15) is 26.7 Å². The smallest absolute Gasteiger partial charge is 0.0263 e. The molecule has 0 aliphatic carbocycles. The maximum Gasteiger partial charge on any atom is 0.0263 e. The van der Waals surface area contributed by atoms with Crippen LogP contribution in [0, 0.1) is 11.8 Å². The van der Waals surface area contributed by atoms with E-state index in [1.54, 1.807) is 0 Å². The van der Waals surface area contributed by atoms with E-state index in [1.165, 1.54) is 12.8 Å².